The molecule has 0 aliphatic carbocycles. The Hall–Kier alpha value is -4.11. The lowest BCUT2D eigenvalue weighted by Gasteiger charge is -2.12. The second-order valence-corrected chi connectivity index (χ2v) is 6.74. The summed E-state index contributed by atoms with van der Waals surface area (Å²) in [6.45, 7) is 0. The molecule has 2 N–H and O–H groups in total. The van der Waals surface area contributed by atoms with E-state index in [0.717, 1.165) is 11.6 Å². The highest BCUT2D eigenvalue weighted by molar-refractivity contribution is 6.31. The minimum Gasteiger partial charge on any atom is -0.478 e. The standard InChI is InChI=1S/C21H14ClFN6O2/c22-17-11-15(5-6-18(17)23)26-21-24-12-16(20(27-21)29-9-8-25-28-29)14-3-1-2-13(10-14)4-7-19(30)31/h1-12H,(H,30,31)(H,24,26,27). The van der Waals surface area contributed by atoms with E-state index in [1.807, 2.05) is 12.1 Å². The van der Waals surface area contributed by atoms with E-state index >= 15 is 0 Å². The van der Waals surface area contributed by atoms with Crippen molar-refractivity contribution in [3.05, 3.63) is 83.5 Å². The normalized spacial score (nSPS) is 11.0. The molecule has 154 valence electrons. The summed E-state index contributed by atoms with van der Waals surface area (Å²) in [7, 11) is 0. The van der Waals surface area contributed by atoms with Gasteiger partial charge in [0.1, 0.15) is 5.82 Å². The lowest BCUT2D eigenvalue weighted by atomic mass is 10.0. The predicted molar refractivity (Wildman–Crippen MR) is 114 cm³/mol. The number of carboxylic acids is 1. The van der Waals surface area contributed by atoms with Gasteiger partial charge in [0, 0.05) is 23.5 Å². The number of aliphatic carboxylic acids is 1. The first-order chi connectivity index (χ1) is 15.0. The van der Waals surface area contributed by atoms with Gasteiger partial charge in [-0.1, -0.05) is 35.0 Å². The molecule has 8 nitrogen and oxygen atoms in total. The molecule has 0 saturated heterocycles. The van der Waals surface area contributed by atoms with Crippen LogP contribution in [0.25, 0.3) is 23.0 Å². The van der Waals surface area contributed by atoms with Gasteiger partial charge in [-0.2, -0.15) is 4.98 Å². The predicted octanol–water partition coefficient (Wildman–Crippen LogP) is 4.36. The SMILES string of the molecule is O=C(O)C=Cc1cccc(-c2cnc(Nc3ccc(F)c(Cl)c3)nc2-n2ccnn2)c1. The van der Waals surface area contributed by atoms with E-state index in [2.05, 4.69) is 25.6 Å². The molecule has 0 saturated carbocycles. The van der Waals surface area contributed by atoms with Crippen molar-refractivity contribution in [1.29, 1.82) is 0 Å². The van der Waals surface area contributed by atoms with E-state index in [4.69, 9.17) is 16.7 Å². The van der Waals surface area contributed by atoms with Gasteiger partial charge >= 0.3 is 5.97 Å². The molecule has 0 bridgehead atoms. The zero-order valence-corrected chi connectivity index (χ0v) is 16.5. The van der Waals surface area contributed by atoms with Crippen LogP contribution in [0.2, 0.25) is 5.02 Å². The number of carbonyl (C=O) groups is 1. The number of nitrogens with one attached hydrogen (secondary N) is 1. The molecule has 2 aromatic carbocycles. The van der Waals surface area contributed by atoms with Gasteiger partial charge in [-0.15, -0.1) is 5.10 Å². The third kappa shape index (κ3) is 4.73. The van der Waals surface area contributed by atoms with Crippen LogP contribution in [-0.2, 0) is 4.79 Å². The Morgan fingerprint density at radius 1 is 1.23 bits per heavy atom. The Bertz CT molecular complexity index is 1280. The maximum absolute atomic E-state index is 13.4. The van der Waals surface area contributed by atoms with Crippen LogP contribution in [0.5, 0.6) is 0 Å². The van der Waals surface area contributed by atoms with Crippen molar-refractivity contribution in [1.82, 2.24) is 25.0 Å². The number of halogens is 2. The zero-order valence-electron chi connectivity index (χ0n) is 15.8. The van der Waals surface area contributed by atoms with Crippen LogP contribution in [0.3, 0.4) is 0 Å². The number of hydrogen-bond acceptors (Lipinski definition) is 6. The molecule has 31 heavy (non-hydrogen) atoms. The van der Waals surface area contributed by atoms with Crippen LogP contribution in [0, 0.1) is 5.82 Å². The highest BCUT2D eigenvalue weighted by Gasteiger charge is 2.13. The summed E-state index contributed by atoms with van der Waals surface area (Å²) in [4.78, 5) is 19.7. The highest BCUT2D eigenvalue weighted by Crippen LogP contribution is 2.28. The summed E-state index contributed by atoms with van der Waals surface area (Å²) in [6, 6.07) is 11.4. The summed E-state index contributed by atoms with van der Waals surface area (Å²) in [5.74, 6) is -0.863. The fourth-order valence-electron chi connectivity index (χ4n) is 2.81. The molecule has 2 aromatic heterocycles. The van der Waals surface area contributed by atoms with E-state index in [1.165, 1.54) is 35.2 Å². The third-order valence-electron chi connectivity index (χ3n) is 4.20. The number of carboxylic acid groups (broad SMARTS) is 1. The minimum absolute atomic E-state index is 0.0237. The molecule has 0 radical (unpaired) electrons. The van der Waals surface area contributed by atoms with Gasteiger partial charge in [-0.25, -0.2) is 18.9 Å². The van der Waals surface area contributed by atoms with Crippen molar-refractivity contribution in [3.63, 3.8) is 0 Å². The molecule has 0 unspecified atom stereocenters. The fraction of sp³-hybridized carbons (Fsp3) is 0. The van der Waals surface area contributed by atoms with Gasteiger partial charge < -0.3 is 10.4 Å². The Labute approximate surface area is 180 Å². The third-order valence-corrected chi connectivity index (χ3v) is 4.49. The van der Waals surface area contributed by atoms with Crippen molar-refractivity contribution < 1.29 is 14.3 Å². The Morgan fingerprint density at radius 2 is 2.10 bits per heavy atom. The highest BCUT2D eigenvalue weighted by atomic mass is 35.5. The smallest absolute Gasteiger partial charge is 0.328 e. The number of anilines is 2. The number of hydrogen-bond donors (Lipinski definition) is 2. The molecule has 0 aliphatic rings. The molecular weight excluding hydrogens is 423 g/mol. The number of benzene rings is 2. The molecule has 4 aromatic rings. The van der Waals surface area contributed by atoms with E-state index in [9.17, 15) is 9.18 Å². The number of rotatable bonds is 6. The average molecular weight is 437 g/mol. The first-order valence-electron chi connectivity index (χ1n) is 8.97. The largest absolute Gasteiger partial charge is 0.478 e. The summed E-state index contributed by atoms with van der Waals surface area (Å²) in [5, 5.41) is 19.7. The maximum Gasteiger partial charge on any atom is 0.328 e. The second kappa shape index (κ2) is 8.72. The summed E-state index contributed by atoms with van der Waals surface area (Å²) >= 11 is 5.84. The Balaban J connectivity index is 1.74. The molecular formula is C21H14ClFN6O2. The first-order valence-corrected chi connectivity index (χ1v) is 9.34. The van der Waals surface area contributed by atoms with Crippen molar-refractivity contribution in [2.45, 2.75) is 0 Å². The molecule has 2 heterocycles. The van der Waals surface area contributed by atoms with E-state index < -0.39 is 11.8 Å². The van der Waals surface area contributed by atoms with Crippen molar-refractivity contribution >= 4 is 35.3 Å². The molecule has 0 atom stereocenters. The molecule has 10 heteroatoms. The lowest BCUT2D eigenvalue weighted by Crippen LogP contribution is -2.06. The topological polar surface area (TPSA) is 106 Å². The van der Waals surface area contributed by atoms with Crippen LogP contribution in [0.4, 0.5) is 16.0 Å². The number of aromatic nitrogens is 5. The van der Waals surface area contributed by atoms with Crippen LogP contribution < -0.4 is 5.32 Å². The summed E-state index contributed by atoms with van der Waals surface area (Å²) in [6.07, 6.45) is 7.33. The van der Waals surface area contributed by atoms with Gasteiger partial charge in [0.2, 0.25) is 5.95 Å². The van der Waals surface area contributed by atoms with Crippen molar-refractivity contribution in [2.24, 2.45) is 0 Å². The molecule has 0 amide bonds. The number of nitrogens with zero attached hydrogens (tertiary/aromatic N) is 5. The molecule has 4 rings (SSSR count). The van der Waals surface area contributed by atoms with Gasteiger partial charge in [0.15, 0.2) is 5.82 Å². The summed E-state index contributed by atoms with van der Waals surface area (Å²) in [5.41, 5.74) is 2.63. The fourth-order valence-corrected chi connectivity index (χ4v) is 2.99. The monoisotopic (exact) mass is 436 g/mol. The van der Waals surface area contributed by atoms with Gasteiger partial charge in [-0.3, -0.25) is 0 Å². The minimum atomic E-state index is -1.03. The Kier molecular flexibility index (Phi) is 5.67. The second-order valence-electron chi connectivity index (χ2n) is 6.33. The molecule has 0 aliphatic heterocycles. The van der Waals surface area contributed by atoms with Gasteiger partial charge in [-0.05, 0) is 41.5 Å². The van der Waals surface area contributed by atoms with Crippen LogP contribution in [-0.4, -0.2) is 36.0 Å². The quantitative estimate of drug-likeness (QED) is 0.432. The molecule has 0 spiro atoms. The lowest BCUT2D eigenvalue weighted by molar-refractivity contribution is -0.131. The zero-order chi connectivity index (χ0) is 21.8. The summed E-state index contributed by atoms with van der Waals surface area (Å²) < 4.78 is 14.9. The van der Waals surface area contributed by atoms with E-state index in [0.29, 0.717) is 22.6 Å². The van der Waals surface area contributed by atoms with Crippen LogP contribution in [0.1, 0.15) is 5.56 Å². The average Bonchev–Trinajstić information content (AvgIpc) is 3.30. The van der Waals surface area contributed by atoms with Crippen LogP contribution >= 0.6 is 11.6 Å². The van der Waals surface area contributed by atoms with Crippen LogP contribution in [0.15, 0.2) is 67.1 Å². The first kappa shape index (κ1) is 20.2. The van der Waals surface area contributed by atoms with Gasteiger partial charge in [0.25, 0.3) is 0 Å². The maximum atomic E-state index is 13.4. The van der Waals surface area contributed by atoms with E-state index in [-0.39, 0.29) is 11.0 Å². The molecule has 0 fully saturated rings. The van der Waals surface area contributed by atoms with Gasteiger partial charge in [0.05, 0.1) is 17.4 Å². The van der Waals surface area contributed by atoms with Crippen molar-refractivity contribution in [3.8, 4) is 16.9 Å². The Morgan fingerprint density at radius 3 is 2.84 bits per heavy atom. The van der Waals surface area contributed by atoms with Crippen molar-refractivity contribution in [2.75, 3.05) is 5.32 Å². The van der Waals surface area contributed by atoms with E-state index in [1.54, 1.807) is 24.5 Å².